The van der Waals surface area contributed by atoms with Gasteiger partial charge in [-0.2, -0.15) is 0 Å². The number of imidazole rings is 1. The number of carbonyl (C=O) groups is 2. The lowest BCUT2D eigenvalue weighted by Gasteiger charge is -2.45. The van der Waals surface area contributed by atoms with E-state index in [2.05, 4.69) is 24.1 Å². The minimum atomic E-state index is -1.20. The summed E-state index contributed by atoms with van der Waals surface area (Å²) in [6, 6.07) is 14.0. The van der Waals surface area contributed by atoms with Gasteiger partial charge in [-0.3, -0.25) is 9.59 Å². The number of carbonyl (C=O) groups excluding carboxylic acids is 2. The summed E-state index contributed by atoms with van der Waals surface area (Å²) in [4.78, 5) is 33.7. The molecule has 1 N–H and O–H groups in total. The van der Waals surface area contributed by atoms with Gasteiger partial charge in [0, 0.05) is 11.6 Å². The van der Waals surface area contributed by atoms with Crippen LogP contribution in [0.4, 0.5) is 4.39 Å². The van der Waals surface area contributed by atoms with Crippen LogP contribution in [-0.2, 0) is 17.9 Å². The molecular weight excluding hydrogens is 431 g/mol. The van der Waals surface area contributed by atoms with Gasteiger partial charge in [-0.25, -0.2) is 9.37 Å². The molecule has 178 valence electrons. The average molecular weight is 463 g/mol. The second-order valence-electron chi connectivity index (χ2n) is 10.1. The number of halogens is 1. The number of fused-ring (bicyclic) bond motifs is 3. The molecule has 0 radical (unpaired) electrons. The largest absolute Gasteiger partial charge is 0.351 e. The van der Waals surface area contributed by atoms with E-state index in [-0.39, 0.29) is 36.8 Å². The van der Waals surface area contributed by atoms with E-state index < -0.39 is 11.4 Å². The van der Waals surface area contributed by atoms with Crippen molar-refractivity contribution >= 4 is 22.8 Å². The number of hydrogen-bond acceptors (Lipinski definition) is 3. The third kappa shape index (κ3) is 3.67. The molecular formula is C27H31FN4O2. The zero-order chi connectivity index (χ0) is 24.0. The van der Waals surface area contributed by atoms with Crippen molar-refractivity contribution in [1.82, 2.24) is 19.8 Å². The Morgan fingerprint density at radius 3 is 2.68 bits per heavy atom. The highest BCUT2D eigenvalue weighted by molar-refractivity contribution is 6.01. The van der Waals surface area contributed by atoms with E-state index in [9.17, 15) is 14.0 Å². The van der Waals surface area contributed by atoms with Gasteiger partial charge in [-0.15, -0.1) is 0 Å². The van der Waals surface area contributed by atoms with Crippen LogP contribution in [0.1, 0.15) is 56.2 Å². The van der Waals surface area contributed by atoms with Crippen LogP contribution in [0.3, 0.4) is 0 Å². The van der Waals surface area contributed by atoms with Crippen LogP contribution in [0.15, 0.2) is 48.5 Å². The maximum Gasteiger partial charge on any atom is 0.291 e. The Kier molecular flexibility index (Phi) is 5.66. The normalized spacial score (nSPS) is 27.0. The van der Waals surface area contributed by atoms with Crippen molar-refractivity contribution in [3.05, 3.63) is 65.7 Å². The van der Waals surface area contributed by atoms with Crippen molar-refractivity contribution in [2.45, 2.75) is 64.7 Å². The van der Waals surface area contributed by atoms with Gasteiger partial charge in [0.15, 0.2) is 5.82 Å². The third-order valence-corrected chi connectivity index (χ3v) is 7.95. The van der Waals surface area contributed by atoms with Gasteiger partial charge in [0.1, 0.15) is 11.4 Å². The van der Waals surface area contributed by atoms with Crippen LogP contribution in [0.2, 0.25) is 0 Å². The Bertz CT molecular complexity index is 1250. The van der Waals surface area contributed by atoms with Gasteiger partial charge in [-0.1, -0.05) is 57.0 Å². The molecule has 1 saturated carbocycles. The van der Waals surface area contributed by atoms with Crippen molar-refractivity contribution in [2.24, 2.45) is 11.8 Å². The number of rotatable bonds is 4. The first-order valence-corrected chi connectivity index (χ1v) is 12.1. The maximum absolute atomic E-state index is 14.6. The number of aromatic nitrogens is 2. The molecule has 0 saturated heterocycles. The highest BCUT2D eigenvalue weighted by Crippen LogP contribution is 2.34. The number of amides is 2. The van der Waals surface area contributed by atoms with Crippen LogP contribution in [-0.4, -0.2) is 37.8 Å². The van der Waals surface area contributed by atoms with Crippen molar-refractivity contribution in [3.63, 3.8) is 0 Å². The molecule has 0 bridgehead atoms. The Morgan fingerprint density at radius 1 is 1.15 bits per heavy atom. The van der Waals surface area contributed by atoms with E-state index >= 15 is 0 Å². The van der Waals surface area contributed by atoms with E-state index in [1.807, 2.05) is 28.8 Å². The molecule has 2 heterocycles. The smallest absolute Gasteiger partial charge is 0.291 e. The number of para-hydroxylation sites is 2. The fourth-order valence-corrected chi connectivity index (χ4v) is 5.48. The average Bonchev–Trinajstić information content (AvgIpc) is 3.19. The minimum Gasteiger partial charge on any atom is -0.351 e. The molecule has 1 aromatic heterocycles. The molecule has 2 aromatic carbocycles. The lowest BCUT2D eigenvalue weighted by molar-refractivity contribution is -0.134. The van der Waals surface area contributed by atoms with Gasteiger partial charge in [0.2, 0.25) is 5.91 Å². The van der Waals surface area contributed by atoms with Gasteiger partial charge in [0.05, 0.1) is 24.1 Å². The number of nitrogens with one attached hydrogen (secondary N) is 1. The first kappa shape index (κ1) is 22.6. The molecule has 5 rings (SSSR count). The first-order chi connectivity index (χ1) is 16.3. The van der Waals surface area contributed by atoms with Crippen LogP contribution in [0.5, 0.6) is 0 Å². The summed E-state index contributed by atoms with van der Waals surface area (Å²) in [7, 11) is 0. The predicted molar refractivity (Wildman–Crippen MR) is 129 cm³/mol. The van der Waals surface area contributed by atoms with E-state index in [1.165, 1.54) is 11.0 Å². The molecule has 2 amide bonds. The van der Waals surface area contributed by atoms with Crippen LogP contribution in [0.25, 0.3) is 11.0 Å². The topological polar surface area (TPSA) is 67.2 Å². The van der Waals surface area contributed by atoms with E-state index in [0.29, 0.717) is 22.9 Å². The Morgan fingerprint density at radius 2 is 1.88 bits per heavy atom. The standard InChI is InChI=1S/C27H31FN4O2/c1-17-9-8-13-21(18(17)2)30-26(34)27(3)16-31-23-14-7-6-12-22(23)29-24(31)25(33)32(27)15-19-10-4-5-11-20(19)28/h4-7,10-12,14,17-18,21H,8-9,13,15-16H2,1-3H3,(H,30,34)/t17-,18+,21+,27+/m1/s1. The lowest BCUT2D eigenvalue weighted by atomic mass is 9.77. The molecule has 34 heavy (non-hydrogen) atoms. The van der Waals surface area contributed by atoms with Gasteiger partial charge >= 0.3 is 0 Å². The van der Waals surface area contributed by atoms with Crippen LogP contribution in [0, 0.1) is 17.7 Å². The zero-order valence-corrected chi connectivity index (χ0v) is 19.9. The summed E-state index contributed by atoms with van der Waals surface area (Å²) in [5.41, 5.74) is 0.696. The quantitative estimate of drug-likeness (QED) is 0.619. The lowest BCUT2D eigenvalue weighted by Crippen LogP contribution is -2.65. The van der Waals surface area contributed by atoms with E-state index in [4.69, 9.17) is 0 Å². The Balaban J connectivity index is 1.55. The Hall–Kier alpha value is -3.22. The van der Waals surface area contributed by atoms with Crippen LogP contribution < -0.4 is 5.32 Å². The number of nitrogens with zero attached hydrogens (tertiary/aromatic N) is 3. The number of hydrogen-bond donors (Lipinski definition) is 1. The fourth-order valence-electron chi connectivity index (χ4n) is 5.48. The second kappa shape index (κ2) is 8.53. The molecule has 1 aliphatic carbocycles. The van der Waals surface area contributed by atoms with E-state index in [1.54, 1.807) is 25.1 Å². The molecule has 6 nitrogen and oxygen atoms in total. The van der Waals surface area contributed by atoms with Crippen LogP contribution >= 0.6 is 0 Å². The summed E-state index contributed by atoms with van der Waals surface area (Å²) in [5.74, 6) is 0.193. The minimum absolute atomic E-state index is 0.00471. The van der Waals surface area contributed by atoms with Crippen molar-refractivity contribution in [3.8, 4) is 0 Å². The third-order valence-electron chi connectivity index (χ3n) is 7.95. The van der Waals surface area contributed by atoms with Crippen molar-refractivity contribution < 1.29 is 14.0 Å². The predicted octanol–water partition coefficient (Wildman–Crippen LogP) is 4.53. The Labute approximate surface area is 199 Å². The highest BCUT2D eigenvalue weighted by atomic mass is 19.1. The van der Waals surface area contributed by atoms with Gasteiger partial charge in [-0.05, 0) is 43.4 Å². The van der Waals surface area contributed by atoms with E-state index in [0.717, 1.165) is 24.8 Å². The molecule has 0 unspecified atom stereocenters. The molecule has 0 spiro atoms. The molecule has 1 fully saturated rings. The van der Waals surface area contributed by atoms with Gasteiger partial charge < -0.3 is 14.8 Å². The molecule has 3 aromatic rings. The van der Waals surface area contributed by atoms with Gasteiger partial charge in [0.25, 0.3) is 5.91 Å². The second-order valence-corrected chi connectivity index (χ2v) is 10.1. The van der Waals surface area contributed by atoms with Crippen molar-refractivity contribution in [2.75, 3.05) is 0 Å². The number of benzene rings is 2. The SMILES string of the molecule is C[C@H]1[C@H](C)CCC[C@@H]1NC(=O)[C@]1(C)Cn2c(nc3ccccc32)C(=O)N1Cc1ccccc1F. The summed E-state index contributed by atoms with van der Waals surface area (Å²) < 4.78 is 16.4. The fraction of sp³-hybridized carbons (Fsp3) is 0.444. The molecule has 2 aliphatic rings. The highest BCUT2D eigenvalue weighted by Gasteiger charge is 2.49. The zero-order valence-electron chi connectivity index (χ0n) is 19.9. The first-order valence-electron chi connectivity index (χ1n) is 12.1. The molecule has 4 atom stereocenters. The molecule has 7 heteroatoms. The molecule has 1 aliphatic heterocycles. The summed E-state index contributed by atoms with van der Waals surface area (Å²) in [5, 5.41) is 3.27. The summed E-state index contributed by atoms with van der Waals surface area (Å²) in [6.45, 7) is 6.45. The van der Waals surface area contributed by atoms with Crippen molar-refractivity contribution in [1.29, 1.82) is 0 Å². The maximum atomic E-state index is 14.6. The monoisotopic (exact) mass is 462 g/mol. The summed E-state index contributed by atoms with van der Waals surface area (Å²) in [6.07, 6.45) is 3.16. The summed E-state index contributed by atoms with van der Waals surface area (Å²) >= 11 is 0.